The number of aliphatic hydroxyl groups excluding tert-OH is 1. The van der Waals surface area contributed by atoms with Crippen molar-refractivity contribution in [1.82, 2.24) is 4.90 Å². The molecule has 0 aliphatic carbocycles. The number of aliphatic hydroxyl groups is 1. The molecule has 1 saturated heterocycles. The van der Waals surface area contributed by atoms with E-state index in [4.69, 9.17) is 4.74 Å². The van der Waals surface area contributed by atoms with E-state index in [2.05, 4.69) is 40.7 Å². The van der Waals surface area contributed by atoms with Crippen LogP contribution >= 0.6 is 0 Å². The fourth-order valence-corrected chi connectivity index (χ4v) is 3.75. The van der Waals surface area contributed by atoms with Crippen LogP contribution in [0.3, 0.4) is 0 Å². The van der Waals surface area contributed by atoms with Gasteiger partial charge in [-0.2, -0.15) is 0 Å². The largest absolute Gasteiger partial charge is 0.493 e. The Labute approximate surface area is 158 Å². The molecule has 150 valence electrons. The normalized spacial score (nSPS) is 21.8. The number of likely N-dealkylation sites (tertiary alicyclic amines) is 1. The molecular weight excluding hydrogens is 330 g/mol. The Morgan fingerprint density at radius 2 is 1.96 bits per heavy atom. The van der Waals surface area contributed by atoms with Crippen molar-refractivity contribution >= 4 is 5.97 Å². The second kappa shape index (κ2) is 10.1. The van der Waals surface area contributed by atoms with Gasteiger partial charge in [-0.25, -0.2) is 0 Å². The summed E-state index contributed by atoms with van der Waals surface area (Å²) in [5.74, 6) is 0.374. The van der Waals surface area contributed by atoms with Crippen molar-refractivity contribution in [3.63, 3.8) is 0 Å². The zero-order chi connectivity index (χ0) is 19.9. The Morgan fingerprint density at radius 3 is 2.42 bits per heavy atom. The van der Waals surface area contributed by atoms with Gasteiger partial charge in [0.05, 0.1) is 0 Å². The highest BCUT2D eigenvalue weighted by atomic mass is 16.5. The second-order valence-electron chi connectivity index (χ2n) is 7.60. The van der Waals surface area contributed by atoms with Crippen LogP contribution in [0.2, 0.25) is 0 Å². The number of rotatable bonds is 10. The van der Waals surface area contributed by atoms with Crippen molar-refractivity contribution in [3.8, 4) is 0 Å². The van der Waals surface area contributed by atoms with E-state index in [9.17, 15) is 15.0 Å². The monoisotopic (exact) mass is 367 g/mol. The lowest BCUT2D eigenvalue weighted by atomic mass is 9.75. The maximum atomic E-state index is 11.4. The first kappa shape index (κ1) is 22.7. The zero-order valence-electron chi connectivity index (χ0n) is 17.3. The Balaban J connectivity index is 3.05. The van der Waals surface area contributed by atoms with Crippen LogP contribution in [0, 0.1) is 11.3 Å². The van der Waals surface area contributed by atoms with Crippen molar-refractivity contribution < 1.29 is 19.7 Å². The minimum absolute atomic E-state index is 0.0858. The molecule has 1 aliphatic rings. The summed E-state index contributed by atoms with van der Waals surface area (Å²) >= 11 is 0. The van der Waals surface area contributed by atoms with E-state index in [-0.39, 0.29) is 12.0 Å². The van der Waals surface area contributed by atoms with Gasteiger partial charge in [0.1, 0.15) is 24.6 Å². The molecular formula is C21H37NO4. The van der Waals surface area contributed by atoms with Crippen LogP contribution in [0.4, 0.5) is 0 Å². The summed E-state index contributed by atoms with van der Waals surface area (Å²) in [5.41, 5.74) is 0.982. The highest BCUT2D eigenvalue weighted by molar-refractivity contribution is 5.73. The lowest BCUT2D eigenvalue weighted by Crippen LogP contribution is -2.45. The van der Waals surface area contributed by atoms with Crippen LogP contribution in [-0.2, 0) is 9.53 Å². The van der Waals surface area contributed by atoms with Crippen LogP contribution in [0.1, 0.15) is 67.2 Å². The molecule has 1 fully saturated rings. The number of aliphatic carboxylic acids is 1. The summed E-state index contributed by atoms with van der Waals surface area (Å²) in [6, 6.07) is -0.620. The fourth-order valence-electron chi connectivity index (χ4n) is 3.75. The zero-order valence-corrected chi connectivity index (χ0v) is 17.3. The van der Waals surface area contributed by atoms with Gasteiger partial charge in [0.25, 0.3) is 0 Å². The van der Waals surface area contributed by atoms with E-state index in [0.29, 0.717) is 18.9 Å². The van der Waals surface area contributed by atoms with E-state index in [1.807, 2.05) is 13.0 Å². The number of hydrogen-bond donors (Lipinski definition) is 2. The average Bonchev–Trinajstić information content (AvgIpc) is 3.08. The smallest absolute Gasteiger partial charge is 0.320 e. The highest BCUT2D eigenvalue weighted by Gasteiger charge is 2.37. The first-order chi connectivity index (χ1) is 12.2. The minimum Gasteiger partial charge on any atom is -0.493 e. The predicted molar refractivity (Wildman–Crippen MR) is 105 cm³/mol. The molecule has 0 aromatic carbocycles. The number of carboxylic acids is 1. The first-order valence-corrected chi connectivity index (χ1v) is 9.88. The quantitative estimate of drug-likeness (QED) is 0.448. The van der Waals surface area contributed by atoms with Gasteiger partial charge in [-0.3, -0.25) is 9.69 Å². The van der Waals surface area contributed by atoms with Gasteiger partial charge in [-0.15, -0.1) is 0 Å². The van der Waals surface area contributed by atoms with E-state index < -0.39 is 18.2 Å². The number of allylic oxidation sites excluding steroid dienone is 3. The molecule has 26 heavy (non-hydrogen) atoms. The third-order valence-corrected chi connectivity index (χ3v) is 5.72. The molecule has 1 aliphatic heterocycles. The molecule has 3 unspecified atom stereocenters. The Kier molecular flexibility index (Phi) is 8.84. The SMILES string of the molecule is C/C=C\C(C)(C(OCC(O)N1CCCC1C(=O)O)=C(CC)CC)C(C)C. The van der Waals surface area contributed by atoms with Crippen LogP contribution in [-0.4, -0.2) is 46.5 Å². The standard InChI is InChI=1S/C21H37NO4/c1-7-12-21(6,15(4)5)19(16(8-2)9-3)26-14-18(23)22-13-10-11-17(22)20(24)25/h7,12,15,17-18,23H,8-11,13-14H2,1-6H3,(H,24,25)/b12-7-. The lowest BCUT2D eigenvalue weighted by Gasteiger charge is -2.36. The van der Waals surface area contributed by atoms with Crippen molar-refractivity contribution in [2.45, 2.75) is 79.5 Å². The molecule has 1 heterocycles. The molecule has 0 amide bonds. The van der Waals surface area contributed by atoms with Gasteiger partial charge in [-0.05, 0) is 51.0 Å². The number of carbonyl (C=O) groups is 1. The van der Waals surface area contributed by atoms with Crippen molar-refractivity contribution in [1.29, 1.82) is 0 Å². The first-order valence-electron chi connectivity index (χ1n) is 9.88. The topological polar surface area (TPSA) is 70.0 Å². The Hall–Kier alpha value is -1.33. The fraction of sp³-hybridized carbons (Fsp3) is 0.762. The second-order valence-corrected chi connectivity index (χ2v) is 7.60. The van der Waals surface area contributed by atoms with Gasteiger partial charge < -0.3 is 14.9 Å². The predicted octanol–water partition coefficient (Wildman–Crippen LogP) is 4.18. The summed E-state index contributed by atoms with van der Waals surface area (Å²) in [5, 5.41) is 19.9. The Bertz CT molecular complexity index is 520. The van der Waals surface area contributed by atoms with Crippen LogP contribution in [0.5, 0.6) is 0 Å². The summed E-state index contributed by atoms with van der Waals surface area (Å²) in [6.07, 6.45) is 6.45. The number of hydrogen-bond acceptors (Lipinski definition) is 4. The minimum atomic E-state index is -0.911. The molecule has 0 aromatic heterocycles. The molecule has 0 radical (unpaired) electrons. The van der Waals surface area contributed by atoms with Crippen LogP contribution in [0.25, 0.3) is 0 Å². The van der Waals surface area contributed by atoms with E-state index in [1.54, 1.807) is 4.90 Å². The van der Waals surface area contributed by atoms with E-state index in [1.165, 1.54) is 5.57 Å². The molecule has 5 heteroatoms. The van der Waals surface area contributed by atoms with Crippen molar-refractivity contribution in [3.05, 3.63) is 23.5 Å². The number of carboxylic acid groups (broad SMARTS) is 1. The third-order valence-electron chi connectivity index (χ3n) is 5.72. The van der Waals surface area contributed by atoms with Gasteiger partial charge in [0, 0.05) is 12.0 Å². The Morgan fingerprint density at radius 1 is 1.35 bits per heavy atom. The van der Waals surface area contributed by atoms with Crippen LogP contribution < -0.4 is 0 Å². The molecule has 1 rings (SSSR count). The van der Waals surface area contributed by atoms with Crippen LogP contribution in [0.15, 0.2) is 23.5 Å². The van der Waals surface area contributed by atoms with Gasteiger partial charge in [0.15, 0.2) is 0 Å². The summed E-state index contributed by atoms with van der Waals surface area (Å²) in [6.45, 7) is 13.4. The maximum absolute atomic E-state index is 11.4. The molecule has 0 bridgehead atoms. The molecule has 0 spiro atoms. The van der Waals surface area contributed by atoms with E-state index in [0.717, 1.165) is 25.0 Å². The van der Waals surface area contributed by atoms with Crippen molar-refractivity contribution in [2.75, 3.05) is 13.2 Å². The van der Waals surface area contributed by atoms with E-state index >= 15 is 0 Å². The summed E-state index contributed by atoms with van der Waals surface area (Å²) in [4.78, 5) is 13.0. The number of ether oxygens (including phenoxy) is 1. The molecule has 3 atom stereocenters. The highest BCUT2D eigenvalue weighted by Crippen LogP contribution is 2.41. The molecule has 0 aromatic rings. The maximum Gasteiger partial charge on any atom is 0.320 e. The van der Waals surface area contributed by atoms with Gasteiger partial charge >= 0.3 is 5.97 Å². The number of nitrogens with zero attached hydrogens (tertiary/aromatic N) is 1. The third kappa shape index (κ3) is 5.10. The molecule has 2 N–H and O–H groups in total. The molecule has 5 nitrogen and oxygen atoms in total. The summed E-state index contributed by atoms with van der Waals surface area (Å²) in [7, 11) is 0. The van der Waals surface area contributed by atoms with Gasteiger partial charge in [0.2, 0.25) is 0 Å². The van der Waals surface area contributed by atoms with Gasteiger partial charge in [-0.1, -0.05) is 39.8 Å². The van der Waals surface area contributed by atoms with Crippen molar-refractivity contribution in [2.24, 2.45) is 11.3 Å². The lowest BCUT2D eigenvalue weighted by molar-refractivity contribution is -0.148. The average molecular weight is 368 g/mol. The summed E-state index contributed by atoms with van der Waals surface area (Å²) < 4.78 is 6.21. The molecule has 0 saturated carbocycles.